The largest absolute Gasteiger partial charge is 0.484 e. The first-order valence-electron chi connectivity index (χ1n) is 9.91. The van der Waals surface area contributed by atoms with Gasteiger partial charge in [-0.15, -0.1) is 0 Å². The maximum atomic E-state index is 12.9. The van der Waals surface area contributed by atoms with Gasteiger partial charge in [0.05, 0.1) is 5.92 Å². The third kappa shape index (κ3) is 4.97. The van der Waals surface area contributed by atoms with E-state index in [1.165, 1.54) is 4.90 Å². The van der Waals surface area contributed by atoms with Crippen molar-refractivity contribution in [1.82, 2.24) is 9.80 Å². The third-order valence-corrected chi connectivity index (χ3v) is 5.24. The van der Waals surface area contributed by atoms with E-state index < -0.39 is 0 Å². The molecule has 1 heterocycles. The Bertz CT molecular complexity index is 914. The van der Waals surface area contributed by atoms with E-state index in [-0.39, 0.29) is 30.2 Å². The van der Waals surface area contributed by atoms with Gasteiger partial charge in [0, 0.05) is 45.5 Å². The Kier molecular flexibility index (Phi) is 6.72. The van der Waals surface area contributed by atoms with Crippen molar-refractivity contribution in [2.45, 2.75) is 6.42 Å². The second-order valence-electron chi connectivity index (χ2n) is 7.57. The summed E-state index contributed by atoms with van der Waals surface area (Å²) in [6.45, 7) is 0.831. The van der Waals surface area contributed by atoms with Crippen molar-refractivity contribution < 1.29 is 19.1 Å². The Labute approximate surface area is 176 Å². The van der Waals surface area contributed by atoms with E-state index in [0.717, 1.165) is 5.69 Å². The topological polar surface area (TPSA) is 70.2 Å². The molecule has 1 aliphatic heterocycles. The maximum absolute atomic E-state index is 12.9. The van der Waals surface area contributed by atoms with Crippen molar-refractivity contribution in [3.63, 3.8) is 0 Å². The van der Waals surface area contributed by atoms with Gasteiger partial charge in [0.1, 0.15) is 5.75 Å². The summed E-state index contributed by atoms with van der Waals surface area (Å²) in [6.07, 6.45) is 0.634. The molecule has 0 aliphatic carbocycles. The van der Waals surface area contributed by atoms with Gasteiger partial charge in [-0.2, -0.15) is 0 Å². The molecular formula is C23H27N3O4. The lowest BCUT2D eigenvalue weighted by Gasteiger charge is -2.22. The normalized spacial score (nSPS) is 15.6. The summed E-state index contributed by atoms with van der Waals surface area (Å²) in [5, 5.41) is 0. The minimum Gasteiger partial charge on any atom is -0.484 e. The van der Waals surface area contributed by atoms with Crippen LogP contribution in [-0.2, 0) is 9.59 Å². The Balaban J connectivity index is 1.61. The van der Waals surface area contributed by atoms with Crippen LogP contribution in [0.15, 0.2) is 54.6 Å². The predicted molar refractivity (Wildman–Crippen MR) is 114 cm³/mol. The quantitative estimate of drug-likeness (QED) is 0.734. The molecule has 2 aromatic rings. The van der Waals surface area contributed by atoms with Crippen LogP contribution >= 0.6 is 0 Å². The fourth-order valence-electron chi connectivity index (χ4n) is 3.37. The summed E-state index contributed by atoms with van der Waals surface area (Å²) >= 11 is 0. The first-order chi connectivity index (χ1) is 14.4. The highest BCUT2D eigenvalue weighted by molar-refractivity contribution is 5.97. The molecule has 1 atom stereocenters. The Morgan fingerprint density at radius 3 is 2.47 bits per heavy atom. The zero-order valence-electron chi connectivity index (χ0n) is 17.6. The van der Waals surface area contributed by atoms with Crippen molar-refractivity contribution in [1.29, 1.82) is 0 Å². The Hall–Kier alpha value is -3.35. The fourth-order valence-corrected chi connectivity index (χ4v) is 3.37. The number of likely N-dealkylation sites (N-methyl/N-ethyl adjacent to an activating group) is 1. The van der Waals surface area contributed by atoms with Gasteiger partial charge >= 0.3 is 0 Å². The van der Waals surface area contributed by atoms with Gasteiger partial charge < -0.3 is 19.4 Å². The molecule has 3 rings (SSSR count). The molecule has 7 nitrogen and oxygen atoms in total. The molecule has 1 aliphatic rings. The van der Waals surface area contributed by atoms with Crippen molar-refractivity contribution in [2.75, 3.05) is 45.7 Å². The highest BCUT2D eigenvalue weighted by Gasteiger charge is 2.33. The number of hydrogen-bond donors (Lipinski definition) is 0. The van der Waals surface area contributed by atoms with Crippen LogP contribution in [0, 0.1) is 5.92 Å². The van der Waals surface area contributed by atoms with Crippen LogP contribution in [-0.4, -0.2) is 68.4 Å². The molecule has 1 fully saturated rings. The van der Waals surface area contributed by atoms with E-state index in [4.69, 9.17) is 4.74 Å². The summed E-state index contributed by atoms with van der Waals surface area (Å²) in [5.41, 5.74) is 1.32. The van der Waals surface area contributed by atoms with Crippen LogP contribution in [0.2, 0.25) is 0 Å². The number of rotatable bonds is 6. The summed E-state index contributed by atoms with van der Waals surface area (Å²) < 4.78 is 5.50. The van der Waals surface area contributed by atoms with E-state index in [1.807, 2.05) is 30.3 Å². The summed E-state index contributed by atoms with van der Waals surface area (Å²) in [5.74, 6) is -0.0500. The minimum absolute atomic E-state index is 0.00998. The first-order valence-corrected chi connectivity index (χ1v) is 9.91. The number of anilines is 1. The molecule has 0 aromatic heterocycles. The number of ether oxygens (including phenoxy) is 1. The van der Waals surface area contributed by atoms with Gasteiger partial charge in [-0.1, -0.05) is 24.3 Å². The lowest BCUT2D eigenvalue weighted by atomic mass is 10.1. The monoisotopic (exact) mass is 409 g/mol. The predicted octanol–water partition coefficient (Wildman–Crippen LogP) is 2.28. The minimum atomic E-state index is -0.226. The van der Waals surface area contributed by atoms with E-state index in [0.29, 0.717) is 30.8 Å². The van der Waals surface area contributed by atoms with Crippen molar-refractivity contribution in [2.24, 2.45) is 5.92 Å². The second kappa shape index (κ2) is 9.43. The number of para-hydroxylation sites is 1. The SMILES string of the molecule is CN(C)C(=O)COc1cccc(C(=O)N2CC[C@@H](C(=O)N(C)c3ccccc3)C2)c1. The lowest BCUT2D eigenvalue weighted by Crippen LogP contribution is -2.36. The van der Waals surface area contributed by atoms with Crippen LogP contribution in [0.4, 0.5) is 5.69 Å². The highest BCUT2D eigenvalue weighted by atomic mass is 16.5. The fraction of sp³-hybridized carbons (Fsp3) is 0.348. The lowest BCUT2D eigenvalue weighted by molar-refractivity contribution is -0.130. The van der Waals surface area contributed by atoms with Crippen LogP contribution in [0.25, 0.3) is 0 Å². The number of benzene rings is 2. The average molecular weight is 409 g/mol. The molecule has 2 aromatic carbocycles. The highest BCUT2D eigenvalue weighted by Crippen LogP contribution is 2.24. The van der Waals surface area contributed by atoms with Gasteiger partial charge in [0.2, 0.25) is 5.91 Å². The van der Waals surface area contributed by atoms with E-state index in [2.05, 4.69) is 0 Å². The van der Waals surface area contributed by atoms with Crippen LogP contribution in [0.5, 0.6) is 5.75 Å². The van der Waals surface area contributed by atoms with E-state index in [9.17, 15) is 14.4 Å². The molecular weight excluding hydrogens is 382 g/mol. The summed E-state index contributed by atoms with van der Waals surface area (Å²) in [6, 6.07) is 16.3. The van der Waals surface area contributed by atoms with Crippen molar-refractivity contribution >= 4 is 23.4 Å². The molecule has 0 bridgehead atoms. The second-order valence-corrected chi connectivity index (χ2v) is 7.57. The van der Waals surface area contributed by atoms with Crippen LogP contribution < -0.4 is 9.64 Å². The zero-order chi connectivity index (χ0) is 21.7. The zero-order valence-corrected chi connectivity index (χ0v) is 17.6. The molecule has 0 saturated carbocycles. The summed E-state index contributed by atoms with van der Waals surface area (Å²) in [4.78, 5) is 42.3. The number of amides is 3. The van der Waals surface area contributed by atoms with Gasteiger partial charge in [0.15, 0.2) is 6.61 Å². The van der Waals surface area contributed by atoms with Crippen LogP contribution in [0.1, 0.15) is 16.8 Å². The molecule has 1 saturated heterocycles. The molecule has 30 heavy (non-hydrogen) atoms. The molecule has 7 heteroatoms. The molecule has 3 amide bonds. The van der Waals surface area contributed by atoms with Gasteiger partial charge in [-0.3, -0.25) is 14.4 Å². The number of carbonyl (C=O) groups is 3. The molecule has 158 valence electrons. The van der Waals surface area contributed by atoms with Crippen molar-refractivity contribution in [3.8, 4) is 5.75 Å². The van der Waals surface area contributed by atoms with Gasteiger partial charge in [-0.25, -0.2) is 0 Å². The van der Waals surface area contributed by atoms with Gasteiger partial charge in [-0.05, 0) is 36.8 Å². The van der Waals surface area contributed by atoms with Gasteiger partial charge in [0.25, 0.3) is 11.8 Å². The number of carbonyl (C=O) groups excluding carboxylic acids is 3. The molecule has 0 spiro atoms. The summed E-state index contributed by atoms with van der Waals surface area (Å²) in [7, 11) is 5.08. The van der Waals surface area contributed by atoms with E-state index in [1.54, 1.807) is 55.2 Å². The van der Waals surface area contributed by atoms with Crippen molar-refractivity contribution in [3.05, 3.63) is 60.2 Å². The van der Waals surface area contributed by atoms with E-state index >= 15 is 0 Å². The number of likely N-dealkylation sites (tertiary alicyclic amines) is 1. The Morgan fingerprint density at radius 1 is 1.03 bits per heavy atom. The standard InChI is InChI=1S/C23H27N3O4/c1-24(2)21(27)16-30-20-11-7-8-17(14-20)23(29)26-13-12-18(15-26)22(28)25(3)19-9-5-4-6-10-19/h4-11,14,18H,12-13,15-16H2,1-3H3/t18-/m1/s1. The first kappa shape index (κ1) is 21.4. The molecule has 0 unspecified atom stereocenters. The molecule has 0 N–H and O–H groups in total. The smallest absolute Gasteiger partial charge is 0.259 e. The third-order valence-electron chi connectivity index (χ3n) is 5.24. The average Bonchev–Trinajstić information content (AvgIpc) is 3.26. The number of hydrogen-bond acceptors (Lipinski definition) is 4. The van der Waals surface area contributed by atoms with Crippen LogP contribution in [0.3, 0.4) is 0 Å². The molecule has 0 radical (unpaired) electrons. The maximum Gasteiger partial charge on any atom is 0.259 e. The number of nitrogens with zero attached hydrogens (tertiary/aromatic N) is 3. The Morgan fingerprint density at radius 2 is 1.77 bits per heavy atom.